The Bertz CT molecular complexity index is 518. The minimum absolute atomic E-state index is 0.0276. The molecule has 0 aromatic heterocycles. The Morgan fingerprint density at radius 1 is 1.50 bits per heavy atom. The van der Waals surface area contributed by atoms with Gasteiger partial charge in [0.15, 0.2) is 5.11 Å². The summed E-state index contributed by atoms with van der Waals surface area (Å²) >= 11 is 5.23. The third kappa shape index (κ3) is 4.34. The Kier molecular flexibility index (Phi) is 5.26. The fourth-order valence-corrected chi connectivity index (χ4v) is 1.83. The van der Waals surface area contributed by atoms with Crippen LogP contribution >= 0.6 is 12.2 Å². The van der Waals surface area contributed by atoms with Gasteiger partial charge >= 0.3 is 0 Å². The summed E-state index contributed by atoms with van der Waals surface area (Å²) in [5.41, 5.74) is 0.431. The molecule has 1 aromatic carbocycles. The van der Waals surface area contributed by atoms with E-state index in [2.05, 4.69) is 17.6 Å². The topological polar surface area (TPSA) is 76.4 Å². The van der Waals surface area contributed by atoms with Crippen molar-refractivity contribution in [1.82, 2.24) is 5.32 Å². The Hall–Kier alpha value is -1.89. The highest BCUT2D eigenvalue weighted by Gasteiger charge is 2.17. The molecule has 1 aromatic rings. The lowest BCUT2D eigenvalue weighted by molar-refractivity contribution is -0.384. The summed E-state index contributed by atoms with van der Waals surface area (Å²) < 4.78 is 5.14. The Morgan fingerprint density at radius 2 is 2.15 bits per heavy atom. The number of methoxy groups -OCH3 is 1. The van der Waals surface area contributed by atoms with Gasteiger partial charge in [-0.15, -0.1) is 0 Å². The molecule has 0 spiro atoms. The predicted molar refractivity (Wildman–Crippen MR) is 83.4 cm³/mol. The Balaban J connectivity index is 2.87. The Labute approximate surface area is 123 Å². The maximum Gasteiger partial charge on any atom is 0.273 e. The normalized spacial score (nSPS) is 10.8. The van der Waals surface area contributed by atoms with Crippen molar-refractivity contribution in [2.75, 3.05) is 12.4 Å². The van der Waals surface area contributed by atoms with Crippen LogP contribution in [-0.2, 0) is 0 Å². The number of thiocarbonyl (C=S) groups is 1. The number of ether oxygens (including phenoxy) is 1. The first kappa shape index (κ1) is 16.2. The van der Waals surface area contributed by atoms with Crippen LogP contribution in [0.3, 0.4) is 0 Å². The molecule has 0 aliphatic carbocycles. The average molecular weight is 297 g/mol. The molecule has 1 rings (SSSR count). The lowest BCUT2D eigenvalue weighted by atomic mass is 10.0. The monoisotopic (exact) mass is 297 g/mol. The lowest BCUT2D eigenvalue weighted by Crippen LogP contribution is -2.44. The SMILES string of the molecule is CCC(C)(C)NC(=S)Nc1ccc([N+](=O)[O-])cc1OC. The summed E-state index contributed by atoms with van der Waals surface area (Å²) in [6, 6.07) is 4.33. The van der Waals surface area contributed by atoms with E-state index < -0.39 is 4.92 Å². The minimum Gasteiger partial charge on any atom is -0.494 e. The van der Waals surface area contributed by atoms with Crippen molar-refractivity contribution >= 4 is 28.7 Å². The molecule has 0 saturated heterocycles. The summed E-state index contributed by atoms with van der Waals surface area (Å²) in [5, 5.41) is 17.3. The second-order valence-electron chi connectivity index (χ2n) is 4.96. The van der Waals surface area contributed by atoms with E-state index in [1.165, 1.54) is 19.2 Å². The van der Waals surface area contributed by atoms with Crippen molar-refractivity contribution in [2.45, 2.75) is 32.7 Å². The number of benzene rings is 1. The van der Waals surface area contributed by atoms with Crippen molar-refractivity contribution in [3.8, 4) is 5.75 Å². The zero-order chi connectivity index (χ0) is 15.3. The molecule has 110 valence electrons. The van der Waals surface area contributed by atoms with Gasteiger partial charge in [0.2, 0.25) is 0 Å². The second kappa shape index (κ2) is 6.51. The molecule has 0 aliphatic rings. The van der Waals surface area contributed by atoms with Gasteiger partial charge in [-0.2, -0.15) is 0 Å². The molecule has 20 heavy (non-hydrogen) atoms. The standard InChI is InChI=1S/C13H19N3O3S/c1-5-13(2,3)15-12(20)14-10-7-6-9(16(17)18)8-11(10)19-4/h6-8H,5H2,1-4H3,(H2,14,15,20). The van der Waals surface area contributed by atoms with E-state index in [1.807, 2.05) is 13.8 Å². The maximum atomic E-state index is 10.7. The van der Waals surface area contributed by atoms with Gasteiger partial charge in [0.05, 0.1) is 23.8 Å². The molecule has 0 atom stereocenters. The van der Waals surface area contributed by atoms with Crippen LogP contribution in [0.5, 0.6) is 5.75 Å². The molecule has 0 saturated carbocycles. The summed E-state index contributed by atoms with van der Waals surface area (Å²) in [6.45, 7) is 6.13. The van der Waals surface area contributed by atoms with E-state index in [9.17, 15) is 10.1 Å². The number of anilines is 1. The summed E-state index contributed by atoms with van der Waals surface area (Å²) in [4.78, 5) is 10.3. The van der Waals surface area contributed by atoms with E-state index in [0.717, 1.165) is 6.42 Å². The number of nitro groups is 1. The largest absolute Gasteiger partial charge is 0.494 e. The van der Waals surface area contributed by atoms with E-state index in [4.69, 9.17) is 17.0 Å². The first-order valence-corrected chi connectivity index (χ1v) is 6.61. The number of non-ortho nitro benzene ring substituents is 1. The van der Waals surface area contributed by atoms with Crippen molar-refractivity contribution < 1.29 is 9.66 Å². The van der Waals surface area contributed by atoms with E-state index in [1.54, 1.807) is 6.07 Å². The van der Waals surface area contributed by atoms with Gasteiger partial charge in [-0.3, -0.25) is 10.1 Å². The van der Waals surface area contributed by atoms with Gasteiger partial charge in [-0.05, 0) is 38.6 Å². The van der Waals surface area contributed by atoms with E-state index in [-0.39, 0.29) is 11.2 Å². The van der Waals surface area contributed by atoms with Crippen LogP contribution in [0.15, 0.2) is 18.2 Å². The van der Waals surface area contributed by atoms with Crippen LogP contribution in [0.2, 0.25) is 0 Å². The number of hydrogen-bond donors (Lipinski definition) is 2. The van der Waals surface area contributed by atoms with Gasteiger partial charge in [0.25, 0.3) is 5.69 Å². The van der Waals surface area contributed by atoms with Gasteiger partial charge in [0.1, 0.15) is 5.75 Å². The van der Waals surface area contributed by atoms with Crippen molar-refractivity contribution in [2.24, 2.45) is 0 Å². The first-order valence-electron chi connectivity index (χ1n) is 6.20. The third-order valence-electron chi connectivity index (χ3n) is 2.98. The summed E-state index contributed by atoms with van der Waals surface area (Å²) in [7, 11) is 1.46. The van der Waals surface area contributed by atoms with Crippen LogP contribution in [0, 0.1) is 10.1 Å². The number of nitrogens with one attached hydrogen (secondary N) is 2. The molecule has 0 aliphatic heterocycles. The molecule has 0 unspecified atom stereocenters. The maximum absolute atomic E-state index is 10.7. The fraction of sp³-hybridized carbons (Fsp3) is 0.462. The fourth-order valence-electron chi connectivity index (χ4n) is 1.45. The van der Waals surface area contributed by atoms with Gasteiger partial charge in [-0.1, -0.05) is 6.92 Å². The second-order valence-corrected chi connectivity index (χ2v) is 5.37. The average Bonchev–Trinajstić information content (AvgIpc) is 2.38. The van der Waals surface area contributed by atoms with Gasteiger partial charge in [-0.25, -0.2) is 0 Å². The van der Waals surface area contributed by atoms with Gasteiger partial charge in [0, 0.05) is 11.6 Å². The molecule has 7 heteroatoms. The number of nitro benzene ring substituents is 1. The predicted octanol–water partition coefficient (Wildman–Crippen LogP) is 3.08. The smallest absolute Gasteiger partial charge is 0.273 e. The third-order valence-corrected chi connectivity index (χ3v) is 3.18. The molecule has 0 heterocycles. The highest BCUT2D eigenvalue weighted by Crippen LogP contribution is 2.29. The minimum atomic E-state index is -0.469. The summed E-state index contributed by atoms with van der Waals surface area (Å²) in [5.74, 6) is 0.373. The molecular weight excluding hydrogens is 278 g/mol. The van der Waals surface area contributed by atoms with Crippen molar-refractivity contribution in [3.63, 3.8) is 0 Å². The number of hydrogen-bond acceptors (Lipinski definition) is 4. The van der Waals surface area contributed by atoms with Gasteiger partial charge < -0.3 is 15.4 Å². The van der Waals surface area contributed by atoms with Crippen LogP contribution in [0.25, 0.3) is 0 Å². The summed E-state index contributed by atoms with van der Waals surface area (Å²) in [6.07, 6.45) is 0.909. The first-order chi connectivity index (χ1) is 9.29. The van der Waals surface area contributed by atoms with Crippen LogP contribution in [0.1, 0.15) is 27.2 Å². The molecule has 0 bridgehead atoms. The van der Waals surface area contributed by atoms with Crippen LogP contribution < -0.4 is 15.4 Å². The van der Waals surface area contributed by atoms with E-state index >= 15 is 0 Å². The lowest BCUT2D eigenvalue weighted by Gasteiger charge is -2.26. The number of nitrogens with zero attached hydrogens (tertiary/aromatic N) is 1. The molecule has 0 fully saturated rings. The Morgan fingerprint density at radius 3 is 2.65 bits per heavy atom. The molecule has 6 nitrogen and oxygen atoms in total. The number of rotatable bonds is 5. The quantitative estimate of drug-likeness (QED) is 0.494. The zero-order valence-corrected chi connectivity index (χ0v) is 12.8. The highest BCUT2D eigenvalue weighted by atomic mass is 32.1. The molecule has 2 N–H and O–H groups in total. The highest BCUT2D eigenvalue weighted by molar-refractivity contribution is 7.80. The molecule has 0 radical (unpaired) electrons. The van der Waals surface area contributed by atoms with Crippen LogP contribution in [-0.4, -0.2) is 22.7 Å². The van der Waals surface area contributed by atoms with E-state index in [0.29, 0.717) is 16.5 Å². The van der Waals surface area contributed by atoms with Crippen molar-refractivity contribution in [3.05, 3.63) is 28.3 Å². The zero-order valence-electron chi connectivity index (χ0n) is 12.0. The molecular formula is C13H19N3O3S. The van der Waals surface area contributed by atoms with Crippen molar-refractivity contribution in [1.29, 1.82) is 0 Å². The molecule has 0 amide bonds. The van der Waals surface area contributed by atoms with Crippen LogP contribution in [0.4, 0.5) is 11.4 Å².